The molecule has 3 heterocycles. The lowest BCUT2D eigenvalue weighted by atomic mass is 9.99. The van der Waals surface area contributed by atoms with Crippen molar-refractivity contribution in [1.82, 2.24) is 15.1 Å². The predicted octanol–water partition coefficient (Wildman–Crippen LogP) is 6.30. The summed E-state index contributed by atoms with van der Waals surface area (Å²) in [5, 5.41) is 8.20. The molecule has 0 fully saturated rings. The summed E-state index contributed by atoms with van der Waals surface area (Å²) in [5.74, 6) is 2.43. The third-order valence-electron chi connectivity index (χ3n) is 7.58. The fourth-order valence-corrected chi connectivity index (χ4v) is 6.63. The third kappa shape index (κ3) is 6.29. The molecule has 10 nitrogen and oxygen atoms in total. The number of fused-ring (bicyclic) bond motifs is 1. The molecule has 0 radical (unpaired) electrons. The summed E-state index contributed by atoms with van der Waals surface area (Å²) < 4.78 is 23.6. The van der Waals surface area contributed by atoms with Gasteiger partial charge in [0.1, 0.15) is 23.9 Å². The van der Waals surface area contributed by atoms with Crippen LogP contribution in [0.1, 0.15) is 22.1 Å². The van der Waals surface area contributed by atoms with Gasteiger partial charge >= 0.3 is 0 Å². The fraction of sp³-hybridized carbons (Fsp3) is 0.206. The van der Waals surface area contributed by atoms with Crippen molar-refractivity contribution in [2.45, 2.75) is 11.8 Å². The maximum absolute atomic E-state index is 14.0. The molecule has 0 aliphatic carbocycles. The number of anilines is 1. The highest BCUT2D eigenvalue weighted by molar-refractivity contribution is 8.00. The van der Waals surface area contributed by atoms with Crippen molar-refractivity contribution in [3.63, 3.8) is 0 Å². The van der Waals surface area contributed by atoms with Crippen LogP contribution in [0, 0.1) is 0 Å². The number of halogens is 1. The molecule has 0 saturated carbocycles. The molecule has 0 saturated heterocycles. The zero-order chi connectivity index (χ0) is 32.2. The van der Waals surface area contributed by atoms with Gasteiger partial charge < -0.3 is 23.9 Å². The van der Waals surface area contributed by atoms with Crippen molar-refractivity contribution in [2.75, 3.05) is 38.5 Å². The Morgan fingerprint density at radius 3 is 2.43 bits per heavy atom. The summed E-state index contributed by atoms with van der Waals surface area (Å²) in [7, 11) is 4.77. The van der Waals surface area contributed by atoms with E-state index in [9.17, 15) is 9.59 Å². The van der Waals surface area contributed by atoms with Crippen LogP contribution in [0.15, 0.2) is 89.5 Å². The minimum absolute atomic E-state index is 0.113. The zero-order valence-electron chi connectivity index (χ0n) is 25.4. The first-order valence-electron chi connectivity index (χ1n) is 14.4. The number of carbonyl (C=O) groups excluding carboxylic acids is 2. The van der Waals surface area contributed by atoms with E-state index in [1.807, 2.05) is 54.6 Å². The molecule has 6 rings (SSSR count). The molecule has 12 heteroatoms. The molecule has 0 spiro atoms. The number of ether oxygens (including phenoxy) is 3. The number of nitrogens with one attached hydrogen (secondary N) is 1. The van der Waals surface area contributed by atoms with Crippen molar-refractivity contribution in [1.29, 1.82) is 0 Å². The molecule has 2 aromatic heterocycles. The van der Waals surface area contributed by atoms with Crippen molar-refractivity contribution in [2.24, 2.45) is 0 Å². The quantitative estimate of drug-likeness (QED) is 0.186. The minimum Gasteiger partial charge on any atom is -0.497 e. The maximum Gasteiger partial charge on any atom is 0.240 e. The first-order valence-corrected chi connectivity index (χ1v) is 15.8. The van der Waals surface area contributed by atoms with E-state index in [4.69, 9.17) is 35.3 Å². The van der Waals surface area contributed by atoms with E-state index < -0.39 is 0 Å². The van der Waals surface area contributed by atoms with Gasteiger partial charge in [-0.15, -0.1) is 11.8 Å². The molecule has 1 atom stereocenters. The molecule has 2 amide bonds. The zero-order valence-corrected chi connectivity index (χ0v) is 26.9. The lowest BCUT2D eigenvalue weighted by Crippen LogP contribution is -2.42. The maximum atomic E-state index is 14.0. The van der Waals surface area contributed by atoms with E-state index in [2.05, 4.69) is 5.32 Å². The summed E-state index contributed by atoms with van der Waals surface area (Å²) in [6.45, 7) is -0.0365. The largest absolute Gasteiger partial charge is 0.497 e. The van der Waals surface area contributed by atoms with Gasteiger partial charge in [0.2, 0.25) is 11.8 Å². The molecule has 236 valence electrons. The second-order valence-corrected chi connectivity index (χ2v) is 11.9. The first-order chi connectivity index (χ1) is 22.4. The van der Waals surface area contributed by atoms with Crippen LogP contribution in [0.4, 0.5) is 5.82 Å². The Hall–Kier alpha value is -4.87. The number of amides is 2. The number of methoxy groups -OCH3 is 3. The lowest BCUT2D eigenvalue weighted by molar-refractivity contribution is -0.123. The average molecular weight is 659 g/mol. The van der Waals surface area contributed by atoms with Gasteiger partial charge in [-0.2, -0.15) is 5.10 Å². The molecule has 0 bridgehead atoms. The minimum atomic E-state index is -0.368. The molecule has 46 heavy (non-hydrogen) atoms. The summed E-state index contributed by atoms with van der Waals surface area (Å²) >= 11 is 7.74. The van der Waals surface area contributed by atoms with Gasteiger partial charge in [0, 0.05) is 16.1 Å². The number of furan rings is 1. The van der Waals surface area contributed by atoms with Crippen LogP contribution < -0.4 is 24.4 Å². The van der Waals surface area contributed by atoms with Gasteiger partial charge in [-0.05, 0) is 66.2 Å². The van der Waals surface area contributed by atoms with Gasteiger partial charge in [0.05, 0.1) is 56.5 Å². The van der Waals surface area contributed by atoms with Crippen molar-refractivity contribution in [3.05, 3.63) is 107 Å². The number of rotatable bonds is 10. The van der Waals surface area contributed by atoms with Crippen molar-refractivity contribution in [3.8, 4) is 34.2 Å². The van der Waals surface area contributed by atoms with Gasteiger partial charge in [-0.3, -0.25) is 14.5 Å². The number of hydrogen-bond acceptors (Lipinski definition) is 8. The van der Waals surface area contributed by atoms with E-state index in [-0.39, 0.29) is 35.9 Å². The van der Waals surface area contributed by atoms with E-state index >= 15 is 0 Å². The van der Waals surface area contributed by atoms with E-state index in [0.717, 1.165) is 16.7 Å². The van der Waals surface area contributed by atoms with Gasteiger partial charge in [-0.1, -0.05) is 29.8 Å². The van der Waals surface area contributed by atoms with Crippen LogP contribution in [0.3, 0.4) is 0 Å². The molecule has 1 unspecified atom stereocenters. The summed E-state index contributed by atoms with van der Waals surface area (Å²) in [4.78, 5) is 28.9. The monoisotopic (exact) mass is 658 g/mol. The number of benzene rings is 3. The van der Waals surface area contributed by atoms with Crippen molar-refractivity contribution < 1.29 is 28.2 Å². The smallest absolute Gasteiger partial charge is 0.240 e. The standard InChI is InChI=1S/C34H31ClN4O6S/c1-42-25-13-11-24(12-14-25)39-34-31(32(37-39)21-6-9-23(35)10-7-21)33(22-8-15-27(43-2)28(17-22)44-3)46-20-30(41)38(34)19-29(40)36-18-26-5-4-16-45-26/h4-17,33H,18-20H2,1-3H3,(H,36,40). The summed E-state index contributed by atoms with van der Waals surface area (Å²) in [6.07, 6.45) is 1.54. The average Bonchev–Trinajstić information content (AvgIpc) is 3.72. The normalized spacial score (nSPS) is 14.4. The van der Waals surface area contributed by atoms with Crippen LogP contribution in [0.5, 0.6) is 17.2 Å². The van der Waals surface area contributed by atoms with Crippen molar-refractivity contribution >= 4 is 41.0 Å². The Balaban J connectivity index is 1.55. The topological polar surface area (TPSA) is 108 Å². The number of thioether (sulfide) groups is 1. The molecular weight excluding hydrogens is 628 g/mol. The number of nitrogens with zero attached hydrogens (tertiary/aromatic N) is 3. The Bertz CT molecular complexity index is 1840. The third-order valence-corrected chi connectivity index (χ3v) is 9.08. The Morgan fingerprint density at radius 1 is 1.00 bits per heavy atom. The molecular formula is C34H31ClN4O6S. The van der Waals surface area contributed by atoms with Crippen LogP contribution in [-0.2, 0) is 16.1 Å². The highest BCUT2D eigenvalue weighted by Crippen LogP contribution is 2.49. The second-order valence-electron chi connectivity index (χ2n) is 10.3. The Labute approximate surface area is 275 Å². The lowest BCUT2D eigenvalue weighted by Gasteiger charge is -2.23. The van der Waals surface area contributed by atoms with Gasteiger partial charge in [0.25, 0.3) is 0 Å². The van der Waals surface area contributed by atoms with Crippen LogP contribution in [0.2, 0.25) is 5.02 Å². The van der Waals surface area contributed by atoms with E-state index in [1.165, 1.54) is 16.7 Å². The predicted molar refractivity (Wildman–Crippen MR) is 177 cm³/mol. The summed E-state index contributed by atoms with van der Waals surface area (Å²) in [5.41, 5.74) is 3.77. The van der Waals surface area contributed by atoms with Crippen LogP contribution in [-0.4, -0.2) is 55.2 Å². The van der Waals surface area contributed by atoms with E-state index in [1.54, 1.807) is 56.5 Å². The number of hydrogen-bond donors (Lipinski definition) is 1. The SMILES string of the molecule is COc1ccc(-n2nc(-c3ccc(Cl)cc3)c3c2N(CC(=O)NCc2ccco2)C(=O)CSC3c2ccc(OC)c(OC)c2)cc1. The highest BCUT2D eigenvalue weighted by Gasteiger charge is 2.38. The fourth-order valence-electron chi connectivity index (χ4n) is 5.32. The second kappa shape index (κ2) is 13.6. The first kappa shape index (κ1) is 31.1. The van der Waals surface area contributed by atoms with Crippen LogP contribution in [0.25, 0.3) is 16.9 Å². The molecule has 1 aliphatic heterocycles. The number of carbonyl (C=O) groups is 2. The van der Waals surface area contributed by atoms with E-state index in [0.29, 0.717) is 45.2 Å². The Morgan fingerprint density at radius 2 is 1.76 bits per heavy atom. The molecule has 3 aromatic carbocycles. The molecule has 1 aliphatic rings. The Kier molecular flexibility index (Phi) is 9.23. The summed E-state index contributed by atoms with van der Waals surface area (Å²) in [6, 6.07) is 24.0. The highest BCUT2D eigenvalue weighted by atomic mass is 35.5. The molecule has 1 N–H and O–H groups in total. The molecule has 5 aromatic rings. The van der Waals surface area contributed by atoms with Gasteiger partial charge in [-0.25, -0.2) is 4.68 Å². The van der Waals surface area contributed by atoms with Crippen LogP contribution >= 0.6 is 23.4 Å². The van der Waals surface area contributed by atoms with Gasteiger partial charge in [0.15, 0.2) is 11.5 Å². The number of aromatic nitrogens is 2.